The Bertz CT molecular complexity index is 545. The molecule has 3 nitrogen and oxygen atoms in total. The minimum Gasteiger partial charge on any atom is -0.312 e. The fraction of sp³-hybridized carbons (Fsp3) is 0.588. The number of aromatic nitrogens is 1. The summed E-state index contributed by atoms with van der Waals surface area (Å²) in [6.45, 7) is 7.77. The Morgan fingerprint density at radius 3 is 2.57 bits per heavy atom. The van der Waals surface area contributed by atoms with E-state index in [1.165, 1.54) is 9.71 Å². The lowest BCUT2D eigenvalue weighted by atomic mass is 9.86. The maximum Gasteiger partial charge on any atom is 0.0954 e. The Hall–Kier alpha value is -0.970. The first-order valence-corrected chi connectivity index (χ1v) is 8.58. The summed E-state index contributed by atoms with van der Waals surface area (Å²) in [6.07, 6.45) is 2.10. The lowest BCUT2D eigenvalue weighted by Gasteiger charge is -2.43. The van der Waals surface area contributed by atoms with Gasteiger partial charge in [0.15, 0.2) is 0 Å². The van der Waals surface area contributed by atoms with E-state index in [0.717, 1.165) is 24.9 Å². The molecular weight excluding hydrogens is 278 g/mol. The molecule has 2 rings (SSSR count). The van der Waals surface area contributed by atoms with E-state index in [1.54, 1.807) is 0 Å². The summed E-state index contributed by atoms with van der Waals surface area (Å²) < 4.78 is 1.28. The number of fused-ring (bicyclic) bond motifs is 1. The molecule has 0 spiro atoms. The van der Waals surface area contributed by atoms with Gasteiger partial charge in [0.05, 0.1) is 15.2 Å². The molecule has 0 fully saturated rings. The van der Waals surface area contributed by atoms with Gasteiger partial charge in [0.1, 0.15) is 0 Å². The zero-order chi connectivity index (χ0) is 15.5. The van der Waals surface area contributed by atoms with Crippen LogP contribution in [0.4, 0.5) is 0 Å². The molecule has 0 radical (unpaired) electrons. The largest absolute Gasteiger partial charge is 0.312 e. The molecule has 0 aliphatic carbocycles. The SMILES string of the molecule is CCNC(Cc1nc2ccccc2s1)C(C)(CC)N(C)C. The van der Waals surface area contributed by atoms with Crippen molar-refractivity contribution in [1.29, 1.82) is 0 Å². The lowest BCUT2D eigenvalue weighted by molar-refractivity contribution is 0.113. The van der Waals surface area contributed by atoms with Gasteiger partial charge in [-0.05, 0) is 46.1 Å². The van der Waals surface area contributed by atoms with Crippen molar-refractivity contribution in [3.05, 3.63) is 29.3 Å². The van der Waals surface area contributed by atoms with Gasteiger partial charge in [0, 0.05) is 18.0 Å². The van der Waals surface area contributed by atoms with Crippen LogP contribution < -0.4 is 5.32 Å². The van der Waals surface area contributed by atoms with Crippen molar-refractivity contribution in [1.82, 2.24) is 15.2 Å². The highest BCUT2D eigenvalue weighted by Gasteiger charge is 2.34. The summed E-state index contributed by atoms with van der Waals surface area (Å²) in [6, 6.07) is 8.81. The van der Waals surface area contributed by atoms with Crippen LogP contribution in [0.5, 0.6) is 0 Å². The molecule has 2 aromatic rings. The van der Waals surface area contributed by atoms with E-state index < -0.39 is 0 Å². The molecule has 0 bridgehead atoms. The standard InChI is InChI=1S/C17H27N3S/c1-6-17(3,20(4)5)15(18-7-2)12-16-19-13-10-8-9-11-14(13)21-16/h8-11,15,18H,6-7,12H2,1-5H3. The molecule has 21 heavy (non-hydrogen) atoms. The van der Waals surface area contributed by atoms with Crippen molar-refractivity contribution in [3.63, 3.8) is 0 Å². The number of hydrogen-bond donors (Lipinski definition) is 1. The highest BCUT2D eigenvalue weighted by Crippen LogP contribution is 2.27. The second kappa shape index (κ2) is 6.86. The van der Waals surface area contributed by atoms with Gasteiger partial charge in [0.25, 0.3) is 0 Å². The van der Waals surface area contributed by atoms with Crippen molar-refractivity contribution in [2.45, 2.75) is 45.2 Å². The summed E-state index contributed by atoms with van der Waals surface area (Å²) in [7, 11) is 4.35. The first-order valence-electron chi connectivity index (χ1n) is 7.76. The number of rotatable bonds is 7. The second-order valence-corrected chi connectivity index (χ2v) is 7.11. The molecule has 0 saturated carbocycles. The first-order chi connectivity index (χ1) is 10.0. The highest BCUT2D eigenvalue weighted by atomic mass is 32.1. The van der Waals surface area contributed by atoms with E-state index in [-0.39, 0.29) is 5.54 Å². The molecule has 1 heterocycles. The third-order valence-electron chi connectivity index (χ3n) is 4.66. The van der Waals surface area contributed by atoms with Crippen molar-refractivity contribution >= 4 is 21.6 Å². The minimum atomic E-state index is 0.133. The van der Waals surface area contributed by atoms with E-state index in [4.69, 9.17) is 4.98 Å². The number of hydrogen-bond acceptors (Lipinski definition) is 4. The van der Waals surface area contributed by atoms with Gasteiger partial charge in [0.2, 0.25) is 0 Å². The zero-order valence-electron chi connectivity index (χ0n) is 13.8. The average Bonchev–Trinajstić information content (AvgIpc) is 2.88. The van der Waals surface area contributed by atoms with Crippen molar-refractivity contribution in [3.8, 4) is 0 Å². The minimum absolute atomic E-state index is 0.133. The maximum absolute atomic E-state index is 4.80. The fourth-order valence-corrected chi connectivity index (χ4v) is 3.83. The number of para-hydroxylation sites is 1. The average molecular weight is 305 g/mol. The smallest absolute Gasteiger partial charge is 0.0954 e. The van der Waals surface area contributed by atoms with Crippen molar-refractivity contribution in [2.24, 2.45) is 0 Å². The summed E-state index contributed by atoms with van der Waals surface area (Å²) in [5.74, 6) is 0. The summed E-state index contributed by atoms with van der Waals surface area (Å²) in [5, 5.41) is 4.90. The van der Waals surface area contributed by atoms with Crippen LogP contribution in [0, 0.1) is 0 Å². The molecule has 0 amide bonds. The Kier molecular flexibility index (Phi) is 5.36. The molecular formula is C17H27N3S. The van der Waals surface area contributed by atoms with Gasteiger partial charge < -0.3 is 10.2 Å². The third kappa shape index (κ3) is 3.44. The van der Waals surface area contributed by atoms with Crippen LogP contribution in [0.1, 0.15) is 32.2 Å². The van der Waals surface area contributed by atoms with Gasteiger partial charge in [-0.15, -0.1) is 11.3 Å². The van der Waals surface area contributed by atoms with Crippen molar-refractivity contribution in [2.75, 3.05) is 20.6 Å². The molecule has 1 N–H and O–H groups in total. The Morgan fingerprint density at radius 2 is 2.00 bits per heavy atom. The van der Waals surface area contributed by atoms with Crippen molar-refractivity contribution < 1.29 is 0 Å². The molecule has 116 valence electrons. The highest BCUT2D eigenvalue weighted by molar-refractivity contribution is 7.18. The van der Waals surface area contributed by atoms with Crippen LogP contribution in [0.2, 0.25) is 0 Å². The number of likely N-dealkylation sites (N-methyl/N-ethyl adjacent to an activating group) is 2. The van der Waals surface area contributed by atoms with Crippen LogP contribution in [0.25, 0.3) is 10.2 Å². The molecule has 0 saturated heterocycles. The van der Waals surface area contributed by atoms with Crippen LogP contribution >= 0.6 is 11.3 Å². The lowest BCUT2D eigenvalue weighted by Crippen LogP contribution is -2.57. The molecule has 2 unspecified atom stereocenters. The first kappa shape index (κ1) is 16.4. The van der Waals surface area contributed by atoms with E-state index in [1.807, 2.05) is 11.3 Å². The van der Waals surface area contributed by atoms with Gasteiger partial charge in [-0.25, -0.2) is 4.98 Å². The van der Waals surface area contributed by atoms with E-state index in [2.05, 4.69) is 69.3 Å². The van der Waals surface area contributed by atoms with E-state index >= 15 is 0 Å². The molecule has 4 heteroatoms. The zero-order valence-corrected chi connectivity index (χ0v) is 14.6. The molecule has 0 aliphatic heterocycles. The summed E-state index contributed by atoms with van der Waals surface area (Å²) in [5.41, 5.74) is 1.25. The third-order valence-corrected chi connectivity index (χ3v) is 5.71. The van der Waals surface area contributed by atoms with Crippen LogP contribution in [-0.2, 0) is 6.42 Å². The summed E-state index contributed by atoms with van der Waals surface area (Å²) in [4.78, 5) is 7.14. The topological polar surface area (TPSA) is 28.2 Å². The maximum atomic E-state index is 4.80. The molecule has 1 aromatic heterocycles. The number of benzene rings is 1. The number of nitrogens with one attached hydrogen (secondary N) is 1. The van der Waals surface area contributed by atoms with Crippen LogP contribution in [-0.4, -0.2) is 42.1 Å². The van der Waals surface area contributed by atoms with E-state index in [0.29, 0.717) is 6.04 Å². The normalized spacial score (nSPS) is 16.3. The molecule has 1 aromatic carbocycles. The van der Waals surface area contributed by atoms with Crippen LogP contribution in [0.15, 0.2) is 24.3 Å². The Labute approximate surface area is 132 Å². The quantitative estimate of drug-likeness (QED) is 0.848. The Morgan fingerprint density at radius 1 is 1.29 bits per heavy atom. The Balaban J connectivity index is 2.26. The van der Waals surface area contributed by atoms with Gasteiger partial charge >= 0.3 is 0 Å². The second-order valence-electron chi connectivity index (χ2n) is 5.99. The predicted octanol–water partition coefficient (Wildman–Crippen LogP) is 3.55. The molecule has 2 atom stereocenters. The monoisotopic (exact) mass is 305 g/mol. The number of nitrogens with zero attached hydrogens (tertiary/aromatic N) is 2. The summed E-state index contributed by atoms with van der Waals surface area (Å²) >= 11 is 1.82. The molecule has 0 aliphatic rings. The van der Waals surface area contributed by atoms with Gasteiger partial charge in [-0.1, -0.05) is 26.0 Å². The van der Waals surface area contributed by atoms with E-state index in [9.17, 15) is 0 Å². The number of thiazole rings is 1. The predicted molar refractivity (Wildman–Crippen MR) is 93.2 cm³/mol. The van der Waals surface area contributed by atoms with Gasteiger partial charge in [-0.3, -0.25) is 0 Å². The van der Waals surface area contributed by atoms with Gasteiger partial charge in [-0.2, -0.15) is 0 Å². The van der Waals surface area contributed by atoms with Crippen LogP contribution in [0.3, 0.4) is 0 Å². The fourth-order valence-electron chi connectivity index (χ4n) is 2.81.